The SMILES string of the molecule is CCOC(C)(Cc1ccccc1CC1CCC2OC2C1)OCC. The molecule has 1 saturated carbocycles. The Bertz CT molecular complexity index is 507. The molecule has 0 bridgehead atoms. The largest absolute Gasteiger partial charge is 0.370 e. The first-order valence-electron chi connectivity index (χ1n) is 9.13. The van der Waals surface area contributed by atoms with Gasteiger partial charge in [0.25, 0.3) is 0 Å². The molecule has 1 aromatic rings. The van der Waals surface area contributed by atoms with Crippen LogP contribution in [0.15, 0.2) is 24.3 Å². The number of fused-ring (bicyclic) bond motifs is 1. The van der Waals surface area contributed by atoms with Gasteiger partial charge >= 0.3 is 0 Å². The summed E-state index contributed by atoms with van der Waals surface area (Å²) in [6.07, 6.45) is 6.86. The molecule has 1 aliphatic heterocycles. The molecule has 2 fully saturated rings. The van der Waals surface area contributed by atoms with Gasteiger partial charge < -0.3 is 14.2 Å². The zero-order valence-electron chi connectivity index (χ0n) is 14.7. The molecule has 0 amide bonds. The number of benzene rings is 1. The molecule has 0 aromatic heterocycles. The van der Waals surface area contributed by atoms with E-state index in [2.05, 4.69) is 31.2 Å². The highest BCUT2D eigenvalue weighted by atomic mass is 16.7. The second-order valence-electron chi connectivity index (χ2n) is 7.04. The highest BCUT2D eigenvalue weighted by molar-refractivity contribution is 5.29. The lowest BCUT2D eigenvalue weighted by molar-refractivity contribution is -0.219. The highest BCUT2D eigenvalue weighted by Crippen LogP contribution is 2.41. The van der Waals surface area contributed by atoms with Crippen molar-refractivity contribution in [3.63, 3.8) is 0 Å². The Morgan fingerprint density at radius 1 is 1.04 bits per heavy atom. The van der Waals surface area contributed by atoms with Gasteiger partial charge in [-0.25, -0.2) is 0 Å². The Morgan fingerprint density at radius 3 is 2.39 bits per heavy atom. The first kappa shape index (κ1) is 16.9. The van der Waals surface area contributed by atoms with Crippen LogP contribution >= 0.6 is 0 Å². The molecule has 23 heavy (non-hydrogen) atoms. The fourth-order valence-electron chi connectivity index (χ4n) is 4.01. The standard InChI is InChI=1S/C20H30O3/c1-4-21-20(3,22-5-2)14-17-9-7-6-8-16(17)12-15-10-11-18-19(13-15)23-18/h6-9,15,18-19H,4-5,10-14H2,1-3H3. The summed E-state index contributed by atoms with van der Waals surface area (Å²) in [5.41, 5.74) is 2.80. The second-order valence-corrected chi connectivity index (χ2v) is 7.04. The third kappa shape index (κ3) is 4.34. The van der Waals surface area contributed by atoms with Gasteiger partial charge in [0.2, 0.25) is 0 Å². The molecule has 3 atom stereocenters. The van der Waals surface area contributed by atoms with Crippen molar-refractivity contribution in [1.82, 2.24) is 0 Å². The Labute approximate surface area is 140 Å². The summed E-state index contributed by atoms with van der Waals surface area (Å²) in [6.45, 7) is 7.44. The summed E-state index contributed by atoms with van der Waals surface area (Å²) in [5, 5.41) is 0. The number of ether oxygens (including phenoxy) is 3. The van der Waals surface area contributed by atoms with E-state index in [1.165, 1.54) is 30.4 Å². The van der Waals surface area contributed by atoms with Crippen molar-refractivity contribution in [1.29, 1.82) is 0 Å². The van der Waals surface area contributed by atoms with Crippen LogP contribution in [0.1, 0.15) is 51.2 Å². The summed E-state index contributed by atoms with van der Waals surface area (Å²) in [5.74, 6) is 0.224. The summed E-state index contributed by atoms with van der Waals surface area (Å²) in [6, 6.07) is 8.77. The predicted molar refractivity (Wildman–Crippen MR) is 91.5 cm³/mol. The van der Waals surface area contributed by atoms with Gasteiger partial charge in [-0.15, -0.1) is 0 Å². The van der Waals surface area contributed by atoms with E-state index in [4.69, 9.17) is 14.2 Å². The van der Waals surface area contributed by atoms with Crippen molar-refractivity contribution in [3.05, 3.63) is 35.4 Å². The molecule has 0 N–H and O–H groups in total. The average Bonchev–Trinajstić information content (AvgIpc) is 3.28. The van der Waals surface area contributed by atoms with Gasteiger partial charge in [-0.2, -0.15) is 0 Å². The monoisotopic (exact) mass is 318 g/mol. The van der Waals surface area contributed by atoms with Crippen LogP contribution in [0.2, 0.25) is 0 Å². The molecule has 3 heteroatoms. The Morgan fingerprint density at radius 2 is 1.74 bits per heavy atom. The Hall–Kier alpha value is -0.900. The quantitative estimate of drug-likeness (QED) is 0.533. The molecule has 1 aliphatic carbocycles. The van der Waals surface area contributed by atoms with Gasteiger partial charge in [0.15, 0.2) is 5.79 Å². The number of rotatable bonds is 8. The highest BCUT2D eigenvalue weighted by Gasteiger charge is 2.43. The lowest BCUT2D eigenvalue weighted by Gasteiger charge is -2.30. The van der Waals surface area contributed by atoms with E-state index in [-0.39, 0.29) is 0 Å². The molecule has 1 heterocycles. The van der Waals surface area contributed by atoms with Gasteiger partial charge in [0.05, 0.1) is 12.2 Å². The third-order valence-electron chi connectivity index (χ3n) is 5.15. The van der Waals surface area contributed by atoms with Crippen molar-refractivity contribution in [2.24, 2.45) is 5.92 Å². The van der Waals surface area contributed by atoms with Crippen molar-refractivity contribution < 1.29 is 14.2 Å². The minimum absolute atomic E-state index is 0.531. The third-order valence-corrected chi connectivity index (χ3v) is 5.15. The summed E-state index contributed by atoms with van der Waals surface area (Å²) >= 11 is 0. The minimum atomic E-state index is -0.531. The van der Waals surface area contributed by atoms with E-state index < -0.39 is 5.79 Å². The van der Waals surface area contributed by atoms with E-state index in [1.807, 2.05) is 13.8 Å². The van der Waals surface area contributed by atoms with Gasteiger partial charge in [-0.1, -0.05) is 24.3 Å². The topological polar surface area (TPSA) is 31.0 Å². The van der Waals surface area contributed by atoms with Crippen molar-refractivity contribution in [3.8, 4) is 0 Å². The lowest BCUT2D eigenvalue weighted by Crippen LogP contribution is -2.35. The van der Waals surface area contributed by atoms with Gasteiger partial charge in [0.1, 0.15) is 0 Å². The molecule has 3 rings (SSSR count). The van der Waals surface area contributed by atoms with E-state index >= 15 is 0 Å². The first-order chi connectivity index (χ1) is 11.1. The fourth-order valence-corrected chi connectivity index (χ4v) is 4.01. The summed E-state index contributed by atoms with van der Waals surface area (Å²) in [4.78, 5) is 0. The Kier molecular flexibility index (Phi) is 5.40. The maximum absolute atomic E-state index is 5.90. The van der Waals surface area contributed by atoms with Crippen LogP contribution in [-0.4, -0.2) is 31.2 Å². The van der Waals surface area contributed by atoms with E-state index in [1.54, 1.807) is 0 Å². The van der Waals surface area contributed by atoms with Crippen LogP contribution in [0.25, 0.3) is 0 Å². The van der Waals surface area contributed by atoms with Crippen LogP contribution in [0.5, 0.6) is 0 Å². The maximum atomic E-state index is 5.90. The van der Waals surface area contributed by atoms with Crippen LogP contribution in [0.3, 0.4) is 0 Å². The minimum Gasteiger partial charge on any atom is -0.370 e. The smallest absolute Gasteiger partial charge is 0.169 e. The zero-order valence-corrected chi connectivity index (χ0v) is 14.7. The van der Waals surface area contributed by atoms with Crippen molar-refractivity contribution in [2.75, 3.05) is 13.2 Å². The zero-order chi connectivity index (χ0) is 16.3. The average molecular weight is 318 g/mol. The molecule has 1 aromatic carbocycles. The number of hydrogen-bond donors (Lipinski definition) is 0. The van der Waals surface area contributed by atoms with Crippen molar-refractivity contribution in [2.45, 2.75) is 70.9 Å². The molecule has 1 saturated heterocycles. The van der Waals surface area contributed by atoms with Gasteiger partial charge in [-0.3, -0.25) is 0 Å². The second kappa shape index (κ2) is 7.33. The number of epoxide rings is 1. The molecule has 2 aliphatic rings. The van der Waals surface area contributed by atoms with E-state index in [9.17, 15) is 0 Å². The van der Waals surface area contributed by atoms with E-state index in [0.717, 1.165) is 18.8 Å². The molecule has 0 radical (unpaired) electrons. The van der Waals surface area contributed by atoms with Crippen LogP contribution in [0.4, 0.5) is 0 Å². The summed E-state index contributed by atoms with van der Waals surface area (Å²) < 4.78 is 17.5. The summed E-state index contributed by atoms with van der Waals surface area (Å²) in [7, 11) is 0. The molecule has 3 unspecified atom stereocenters. The van der Waals surface area contributed by atoms with Gasteiger partial charge in [0, 0.05) is 19.6 Å². The van der Waals surface area contributed by atoms with E-state index in [0.29, 0.717) is 25.4 Å². The molecule has 128 valence electrons. The molecule has 0 spiro atoms. The normalized spacial score (nSPS) is 26.8. The fraction of sp³-hybridized carbons (Fsp3) is 0.700. The van der Waals surface area contributed by atoms with Crippen LogP contribution in [0, 0.1) is 5.92 Å². The first-order valence-corrected chi connectivity index (χ1v) is 9.13. The lowest BCUT2D eigenvalue weighted by atomic mass is 9.83. The molecule has 3 nitrogen and oxygen atoms in total. The predicted octanol–water partition coefficient (Wildman–Crippen LogP) is 4.13. The van der Waals surface area contributed by atoms with Gasteiger partial charge in [-0.05, 0) is 63.5 Å². The maximum Gasteiger partial charge on any atom is 0.169 e. The Balaban J connectivity index is 1.69. The van der Waals surface area contributed by atoms with Crippen LogP contribution in [-0.2, 0) is 27.1 Å². The van der Waals surface area contributed by atoms with Crippen LogP contribution < -0.4 is 0 Å². The molecular weight excluding hydrogens is 288 g/mol. The molecular formula is C20H30O3. The van der Waals surface area contributed by atoms with Crippen molar-refractivity contribution >= 4 is 0 Å². The number of hydrogen-bond acceptors (Lipinski definition) is 3.